The largest absolute Gasteiger partial charge is 0.477 e. The van der Waals surface area contributed by atoms with Crippen molar-refractivity contribution in [1.82, 2.24) is 47.6 Å². The average Bonchev–Trinajstić information content (AvgIpc) is 1.65. The molecule has 8 amide bonds. The Labute approximate surface area is 688 Å². The SMILES string of the molecule is CC1(F)COc2c(S(=O)(=O)NC(=O)Nc3c4c(cc5c3CCC5)CCC4)cnn2C1.CCC1COc2c(S(=O)(=O)NC(=O)Nc3c4c(cc5c3CCC5)CCC4)ccn2C1.COC1COc2c(S(=O)(=O)NC(=O)Nc3c4c(cc5c3CCC5)CCC4)ccn2C1.O=C(Nc1c2c(cc3c1CCC3)CCC2)NS(=O)(=O)c1cnn2c1OCC(F)C2. The summed E-state index contributed by atoms with van der Waals surface area (Å²) in [5.74, 6) is 0.776. The molecule has 31 nitrogen and oxygen atoms in total. The minimum atomic E-state index is -4.24. The predicted molar refractivity (Wildman–Crippen MR) is 434 cm³/mol. The number of sulfonamides is 4. The van der Waals surface area contributed by atoms with E-state index in [1.54, 1.807) is 28.6 Å². The summed E-state index contributed by atoms with van der Waals surface area (Å²) in [4.78, 5) is 50.1. The van der Waals surface area contributed by atoms with E-state index in [-0.39, 0.29) is 76.2 Å². The van der Waals surface area contributed by atoms with Crippen molar-refractivity contribution in [2.75, 3.05) is 54.8 Å². The van der Waals surface area contributed by atoms with Crippen LogP contribution in [0, 0.1) is 5.92 Å². The molecular formula is C82H96F2N14O17S4. The molecule has 0 spiro atoms. The quantitative estimate of drug-likeness (QED) is 0.0501. The highest BCUT2D eigenvalue weighted by atomic mass is 32.2. The summed E-state index contributed by atoms with van der Waals surface area (Å²) in [5, 5.41) is 19.1. The molecule has 119 heavy (non-hydrogen) atoms. The molecule has 4 unspecified atom stereocenters. The number of methoxy groups -OCH3 is 1. The van der Waals surface area contributed by atoms with Crippen LogP contribution >= 0.6 is 0 Å². The zero-order valence-corrected chi connectivity index (χ0v) is 69.6. The van der Waals surface area contributed by atoms with Gasteiger partial charge in [0.1, 0.15) is 35.7 Å². The molecule has 37 heteroatoms. The fourth-order valence-corrected chi connectivity index (χ4v) is 23.1. The van der Waals surface area contributed by atoms with Gasteiger partial charge >= 0.3 is 24.1 Å². The fraction of sp³-hybridized carbons (Fsp3) is 0.488. The third-order valence-electron chi connectivity index (χ3n) is 24.6. The first-order chi connectivity index (χ1) is 57.1. The number of benzene rings is 4. The Morgan fingerprint density at radius 2 is 0.756 bits per heavy atom. The van der Waals surface area contributed by atoms with Crippen molar-refractivity contribution in [3.8, 4) is 23.5 Å². The first-order valence-electron chi connectivity index (χ1n) is 41.0. The van der Waals surface area contributed by atoms with Gasteiger partial charge in [-0.3, -0.25) is 0 Å². The smallest absolute Gasteiger partial charge is 0.333 e. The first kappa shape index (κ1) is 81.1. The minimum Gasteiger partial charge on any atom is -0.477 e. The molecule has 4 aromatic heterocycles. The van der Waals surface area contributed by atoms with Crippen molar-refractivity contribution in [3.05, 3.63) is 150 Å². The van der Waals surface area contributed by atoms with Crippen molar-refractivity contribution in [2.24, 2.45) is 5.92 Å². The van der Waals surface area contributed by atoms with E-state index in [1.807, 2.05) is 4.72 Å². The van der Waals surface area contributed by atoms with E-state index in [0.29, 0.717) is 24.9 Å². The summed E-state index contributed by atoms with van der Waals surface area (Å²) in [6, 6.07) is 8.86. The van der Waals surface area contributed by atoms with E-state index >= 15 is 0 Å². The lowest BCUT2D eigenvalue weighted by Gasteiger charge is -2.27. The topological polar surface area (TPSA) is 393 Å². The van der Waals surface area contributed by atoms with E-state index in [4.69, 9.17) is 23.7 Å². The molecule has 634 valence electrons. The summed E-state index contributed by atoms with van der Waals surface area (Å²) in [6.45, 7) is 4.67. The number of hydrogen-bond acceptors (Lipinski definition) is 19. The van der Waals surface area contributed by atoms with Crippen LogP contribution in [0.15, 0.2) is 80.8 Å². The number of urea groups is 4. The highest BCUT2D eigenvalue weighted by Crippen LogP contribution is 2.45. The molecule has 0 radical (unpaired) electrons. The number of fused-ring (bicyclic) bond motifs is 12. The van der Waals surface area contributed by atoms with Crippen molar-refractivity contribution < 1.29 is 85.3 Å². The van der Waals surface area contributed by atoms with Crippen LogP contribution in [0.1, 0.15) is 161 Å². The van der Waals surface area contributed by atoms with Crippen molar-refractivity contribution in [3.63, 3.8) is 0 Å². The highest BCUT2D eigenvalue weighted by Gasteiger charge is 2.40. The van der Waals surface area contributed by atoms with Gasteiger partial charge in [0, 0.05) is 54.7 Å². The van der Waals surface area contributed by atoms with Crippen LogP contribution in [0.4, 0.5) is 50.7 Å². The molecule has 4 aliphatic heterocycles. The standard InChI is InChI=1S/C22H27N3O4S.C21H25N3O5S.C20H23FN4O4S.C19H21FN4O4S/c1-2-14-12-25-10-9-19(21(25)29-13-14)30(27,28)24-22(26)23-20-17-7-3-5-15(17)11-16-6-4-8-18(16)20;1-28-15-11-24-9-8-18(20(24)29-12-15)30(26,27)23-21(25)22-19-16-6-2-4-13(16)10-14-5-3-7-17(14)19;1-20(21)10-25-18(29-11-20)16(9-22-25)30(27,28)24-19(26)23-17-14-6-2-4-12(14)8-13-5-3-7-15(13)17;20-13-9-24-18(28-10-13)16(8-21-24)29(26,27)23-19(25)22-17-14-5-1-3-11(14)7-12-4-2-6-15(12)17/h9-11,14H,2-8,12-13H2,1H3,(H2,23,24,26);8-10,15H,2-7,11-12H2,1H3,(H2,22,23,25);8-9H,2-7,10-11H2,1H3,(H2,23,24,26);7-8,13H,1-6,9-10H2,(H2,22,23,25). The highest BCUT2D eigenvalue weighted by molar-refractivity contribution is 7.91. The van der Waals surface area contributed by atoms with Gasteiger partial charge in [-0.25, -0.2) is 89.9 Å². The van der Waals surface area contributed by atoms with Gasteiger partial charge in [0.25, 0.3) is 40.1 Å². The molecule has 0 saturated carbocycles. The van der Waals surface area contributed by atoms with Crippen molar-refractivity contribution >= 4 is 87.0 Å². The number of alkyl halides is 2. The Kier molecular flexibility index (Phi) is 22.1. The number of halogens is 2. The number of anilines is 4. The molecule has 8 heterocycles. The lowest BCUT2D eigenvalue weighted by atomic mass is 9.99. The van der Waals surface area contributed by atoms with E-state index in [9.17, 15) is 61.6 Å². The van der Waals surface area contributed by atoms with E-state index in [2.05, 4.69) is 76.8 Å². The summed E-state index contributed by atoms with van der Waals surface area (Å²) >= 11 is 0. The van der Waals surface area contributed by atoms with Crippen LogP contribution in [-0.4, -0.2) is 138 Å². The number of aromatic nitrogens is 6. The van der Waals surface area contributed by atoms with Crippen LogP contribution < -0.4 is 59.1 Å². The molecule has 12 aliphatic rings. The molecular weight excluding hydrogens is 1620 g/mol. The molecule has 4 atom stereocenters. The van der Waals surface area contributed by atoms with Gasteiger partial charge in [-0.15, -0.1) is 0 Å². The monoisotopic (exact) mass is 1710 g/mol. The molecule has 8 N–H and O–H groups in total. The second kappa shape index (κ2) is 32.4. The van der Waals surface area contributed by atoms with Crippen LogP contribution in [0.25, 0.3) is 0 Å². The predicted octanol–water partition coefficient (Wildman–Crippen LogP) is 10.4. The Hall–Kier alpha value is -10.2. The van der Waals surface area contributed by atoms with Crippen molar-refractivity contribution in [1.29, 1.82) is 0 Å². The van der Waals surface area contributed by atoms with Gasteiger partial charge < -0.3 is 54.1 Å². The minimum absolute atomic E-state index is 0.00993. The van der Waals surface area contributed by atoms with Gasteiger partial charge in [0.2, 0.25) is 23.5 Å². The lowest BCUT2D eigenvalue weighted by molar-refractivity contribution is 0.0207. The molecule has 8 aromatic rings. The first-order valence-corrected chi connectivity index (χ1v) is 46.9. The van der Waals surface area contributed by atoms with Gasteiger partial charge in [0.15, 0.2) is 21.6 Å². The number of carbonyl (C=O) groups excluding carboxylic acids is 4. The number of aryl methyl sites for hydroxylation is 8. The third kappa shape index (κ3) is 16.3. The van der Waals surface area contributed by atoms with Crippen molar-refractivity contribution in [2.45, 2.75) is 238 Å². The van der Waals surface area contributed by atoms with E-state index in [0.717, 1.165) is 245 Å². The number of carbonyl (C=O) groups is 4. The van der Waals surface area contributed by atoms with Gasteiger partial charge in [-0.1, -0.05) is 31.2 Å². The summed E-state index contributed by atoms with van der Waals surface area (Å²) in [7, 11) is -15.0. The number of amides is 8. The second-order valence-electron chi connectivity index (χ2n) is 32.8. The number of nitrogens with one attached hydrogen (secondary N) is 8. The zero-order chi connectivity index (χ0) is 83.0. The third-order valence-corrected chi connectivity index (χ3v) is 29.9. The van der Waals surface area contributed by atoms with Gasteiger partial charge in [0.05, 0.1) is 38.6 Å². The second-order valence-corrected chi connectivity index (χ2v) is 39.4. The van der Waals surface area contributed by atoms with Gasteiger partial charge in [-0.2, -0.15) is 10.2 Å². The van der Waals surface area contributed by atoms with Crippen LogP contribution in [-0.2, 0) is 174 Å². The maximum Gasteiger partial charge on any atom is 0.333 e. The molecule has 4 aromatic carbocycles. The number of hydrogen-bond donors (Lipinski definition) is 8. The summed E-state index contributed by atoms with van der Waals surface area (Å²) < 4.78 is 171. The molecule has 0 bridgehead atoms. The molecule has 8 aliphatic carbocycles. The fourth-order valence-electron chi connectivity index (χ4n) is 19.0. The molecule has 0 saturated heterocycles. The Morgan fingerprint density at radius 1 is 0.437 bits per heavy atom. The Balaban J connectivity index is 0.000000113. The maximum atomic E-state index is 14.1. The molecule has 20 rings (SSSR count). The normalized spacial score (nSPS) is 20.3. The Bertz CT molecular complexity index is 5630. The van der Waals surface area contributed by atoms with Crippen LogP contribution in [0.2, 0.25) is 0 Å². The lowest BCUT2D eigenvalue weighted by Crippen LogP contribution is -2.39. The Morgan fingerprint density at radius 3 is 1.11 bits per heavy atom. The van der Waals surface area contributed by atoms with Crippen LogP contribution in [0.5, 0.6) is 23.5 Å². The molecule has 0 fully saturated rings. The van der Waals surface area contributed by atoms with E-state index in [1.165, 1.54) is 74.7 Å². The van der Waals surface area contributed by atoms with E-state index < -0.39 is 76.1 Å². The number of nitrogens with zero attached hydrogens (tertiary/aromatic N) is 6. The summed E-state index contributed by atoms with van der Waals surface area (Å²) in [6.07, 6.45) is 28.5. The summed E-state index contributed by atoms with van der Waals surface area (Å²) in [5.41, 5.74) is 20.7. The number of rotatable bonds is 14. The maximum absolute atomic E-state index is 14.1. The average molecular weight is 1720 g/mol. The zero-order valence-electron chi connectivity index (χ0n) is 66.4. The van der Waals surface area contributed by atoms with Gasteiger partial charge in [-0.05, 0) is 269 Å². The number of ether oxygens (including phenoxy) is 5. The van der Waals surface area contributed by atoms with Crippen LogP contribution in [0.3, 0.4) is 0 Å².